The number of halogens is 1. The van der Waals surface area contributed by atoms with E-state index in [4.69, 9.17) is 11.6 Å². The summed E-state index contributed by atoms with van der Waals surface area (Å²) >= 11 is 6.25. The molecule has 3 aliphatic rings. The number of carbonyl (C=O) groups is 2. The number of piperazine rings is 1. The molecular weight excluding hydrogens is 428 g/mol. The molecule has 164 valence electrons. The van der Waals surface area contributed by atoms with E-state index in [1.165, 1.54) is 22.5 Å². The van der Waals surface area contributed by atoms with Gasteiger partial charge in [-0.2, -0.15) is 4.31 Å². The predicted octanol–water partition coefficient (Wildman–Crippen LogP) is 1.16. The zero-order valence-corrected chi connectivity index (χ0v) is 18.4. The summed E-state index contributed by atoms with van der Waals surface area (Å²) in [5.74, 6) is -0.249. The molecule has 4 rings (SSSR count). The number of sulfonamides is 1. The van der Waals surface area contributed by atoms with Gasteiger partial charge in [0.05, 0.1) is 22.0 Å². The van der Waals surface area contributed by atoms with E-state index in [2.05, 4.69) is 5.32 Å². The van der Waals surface area contributed by atoms with Crippen molar-refractivity contribution in [3.05, 3.63) is 28.8 Å². The summed E-state index contributed by atoms with van der Waals surface area (Å²) in [7, 11) is -3.62. The summed E-state index contributed by atoms with van der Waals surface area (Å²) < 4.78 is 27.1. The zero-order chi connectivity index (χ0) is 21.3. The third kappa shape index (κ3) is 4.80. The van der Waals surface area contributed by atoms with Gasteiger partial charge < -0.3 is 10.2 Å². The number of nitrogens with zero attached hydrogens (tertiary/aromatic N) is 3. The van der Waals surface area contributed by atoms with Gasteiger partial charge >= 0.3 is 0 Å². The van der Waals surface area contributed by atoms with E-state index in [9.17, 15) is 18.0 Å². The van der Waals surface area contributed by atoms with Crippen LogP contribution < -0.4 is 5.32 Å². The van der Waals surface area contributed by atoms with E-state index in [1.807, 2.05) is 4.90 Å². The maximum Gasteiger partial charge on any atom is 0.255 e. The molecule has 0 unspecified atom stereocenters. The Balaban J connectivity index is 1.40. The third-order valence-electron chi connectivity index (χ3n) is 5.84. The van der Waals surface area contributed by atoms with E-state index in [0.29, 0.717) is 51.9 Å². The second-order valence-electron chi connectivity index (χ2n) is 8.16. The molecule has 0 atom stereocenters. The highest BCUT2D eigenvalue weighted by molar-refractivity contribution is 7.89. The highest BCUT2D eigenvalue weighted by atomic mass is 35.5. The molecule has 2 heterocycles. The molecule has 1 saturated carbocycles. The van der Waals surface area contributed by atoms with Crippen molar-refractivity contribution in [2.45, 2.75) is 36.6 Å². The molecule has 0 spiro atoms. The lowest BCUT2D eigenvalue weighted by Crippen LogP contribution is -2.51. The molecule has 0 aromatic heterocycles. The Morgan fingerprint density at radius 3 is 2.33 bits per heavy atom. The van der Waals surface area contributed by atoms with Crippen LogP contribution in [-0.2, 0) is 14.8 Å². The standard InChI is InChI=1S/C20H27ClN4O4S/c21-18-6-5-16(30(28,29)25-7-1-2-8-25)13-17(18)20(27)24-11-9-23(10-12-24)14-19(26)22-15-3-4-15/h5-6,13,15H,1-4,7-12,14H2,(H,22,26). The Bertz CT molecular complexity index is 921. The Kier molecular flexibility index (Phi) is 6.34. The van der Waals surface area contributed by atoms with E-state index < -0.39 is 10.0 Å². The molecule has 0 radical (unpaired) electrons. The van der Waals surface area contributed by atoms with Crippen molar-refractivity contribution in [1.29, 1.82) is 0 Å². The van der Waals surface area contributed by atoms with Crippen LogP contribution in [0.2, 0.25) is 5.02 Å². The van der Waals surface area contributed by atoms with Gasteiger partial charge in [0.2, 0.25) is 15.9 Å². The summed E-state index contributed by atoms with van der Waals surface area (Å²) in [5, 5.41) is 3.21. The fraction of sp³-hybridized carbons (Fsp3) is 0.600. The maximum atomic E-state index is 13.0. The minimum Gasteiger partial charge on any atom is -0.352 e. The minimum atomic E-state index is -3.62. The molecular formula is C20H27ClN4O4S. The van der Waals surface area contributed by atoms with E-state index in [0.717, 1.165) is 25.7 Å². The van der Waals surface area contributed by atoms with Crippen molar-refractivity contribution in [2.75, 3.05) is 45.8 Å². The first-order chi connectivity index (χ1) is 14.3. The van der Waals surface area contributed by atoms with Crippen molar-refractivity contribution in [3.63, 3.8) is 0 Å². The van der Waals surface area contributed by atoms with Gasteiger partial charge in [-0.15, -0.1) is 0 Å². The predicted molar refractivity (Wildman–Crippen MR) is 113 cm³/mol. The summed E-state index contributed by atoms with van der Waals surface area (Å²) in [5.41, 5.74) is 0.205. The molecule has 1 aromatic rings. The van der Waals surface area contributed by atoms with Crippen LogP contribution in [0.1, 0.15) is 36.0 Å². The number of nitrogens with one attached hydrogen (secondary N) is 1. The first-order valence-corrected chi connectivity index (χ1v) is 12.3. The van der Waals surface area contributed by atoms with E-state index >= 15 is 0 Å². The van der Waals surface area contributed by atoms with E-state index in [-0.39, 0.29) is 27.3 Å². The van der Waals surface area contributed by atoms with Crippen LogP contribution in [0.4, 0.5) is 0 Å². The van der Waals surface area contributed by atoms with Gasteiger partial charge in [0.1, 0.15) is 0 Å². The zero-order valence-electron chi connectivity index (χ0n) is 16.8. The Labute approximate surface area is 182 Å². The Hall–Kier alpha value is -1.68. The van der Waals surface area contributed by atoms with E-state index in [1.54, 1.807) is 4.90 Å². The quantitative estimate of drug-likeness (QED) is 0.696. The lowest BCUT2D eigenvalue weighted by Gasteiger charge is -2.34. The van der Waals surface area contributed by atoms with Crippen LogP contribution in [0.3, 0.4) is 0 Å². The molecule has 2 amide bonds. The van der Waals surface area contributed by atoms with Crippen molar-refractivity contribution >= 4 is 33.4 Å². The van der Waals surface area contributed by atoms with Crippen molar-refractivity contribution in [1.82, 2.24) is 19.4 Å². The highest BCUT2D eigenvalue weighted by Crippen LogP contribution is 2.26. The summed E-state index contributed by atoms with van der Waals surface area (Å²) in [6, 6.07) is 4.68. The minimum absolute atomic E-state index is 0.0279. The van der Waals surface area contributed by atoms with Gasteiger partial charge in [0, 0.05) is 45.3 Å². The number of benzene rings is 1. The maximum absolute atomic E-state index is 13.0. The normalized spacial score (nSPS) is 21.0. The molecule has 10 heteroatoms. The summed E-state index contributed by atoms with van der Waals surface area (Å²) in [4.78, 5) is 28.8. The SMILES string of the molecule is O=C(CN1CCN(C(=O)c2cc(S(=O)(=O)N3CCCC3)ccc2Cl)CC1)NC1CC1. The molecule has 2 aliphatic heterocycles. The van der Waals surface area contributed by atoms with Gasteiger partial charge in [0.25, 0.3) is 5.91 Å². The second-order valence-corrected chi connectivity index (χ2v) is 10.5. The van der Waals surface area contributed by atoms with Crippen LogP contribution in [0.25, 0.3) is 0 Å². The largest absolute Gasteiger partial charge is 0.352 e. The molecule has 8 nitrogen and oxygen atoms in total. The van der Waals surface area contributed by atoms with Crippen molar-refractivity contribution < 1.29 is 18.0 Å². The number of rotatable bonds is 6. The fourth-order valence-corrected chi connectivity index (χ4v) is 5.63. The number of carbonyl (C=O) groups excluding carboxylic acids is 2. The van der Waals surface area contributed by atoms with Gasteiger partial charge in [0.15, 0.2) is 0 Å². The lowest BCUT2D eigenvalue weighted by atomic mass is 10.1. The first-order valence-electron chi connectivity index (χ1n) is 10.5. The smallest absolute Gasteiger partial charge is 0.255 e. The molecule has 1 N–H and O–H groups in total. The summed E-state index contributed by atoms with van der Waals surface area (Å²) in [6.45, 7) is 3.46. The van der Waals surface area contributed by atoms with Crippen LogP contribution >= 0.6 is 11.6 Å². The molecule has 2 saturated heterocycles. The van der Waals surface area contributed by atoms with Crippen molar-refractivity contribution in [2.24, 2.45) is 0 Å². The van der Waals surface area contributed by atoms with Gasteiger partial charge in [-0.25, -0.2) is 8.42 Å². The summed E-state index contributed by atoms with van der Waals surface area (Å²) in [6.07, 6.45) is 3.81. The Morgan fingerprint density at radius 2 is 1.70 bits per heavy atom. The number of hydrogen-bond donors (Lipinski definition) is 1. The monoisotopic (exact) mass is 454 g/mol. The lowest BCUT2D eigenvalue weighted by molar-refractivity contribution is -0.122. The highest BCUT2D eigenvalue weighted by Gasteiger charge is 2.30. The van der Waals surface area contributed by atoms with Crippen LogP contribution in [0, 0.1) is 0 Å². The number of amides is 2. The first kappa shape index (κ1) is 21.5. The van der Waals surface area contributed by atoms with Crippen LogP contribution in [-0.4, -0.2) is 86.2 Å². The van der Waals surface area contributed by atoms with Gasteiger partial charge in [-0.1, -0.05) is 11.6 Å². The fourth-order valence-electron chi connectivity index (χ4n) is 3.89. The molecule has 1 aromatic carbocycles. The van der Waals surface area contributed by atoms with Crippen LogP contribution in [0.5, 0.6) is 0 Å². The molecule has 30 heavy (non-hydrogen) atoms. The molecule has 1 aliphatic carbocycles. The van der Waals surface area contributed by atoms with Crippen molar-refractivity contribution in [3.8, 4) is 0 Å². The van der Waals surface area contributed by atoms with Crippen LogP contribution in [0.15, 0.2) is 23.1 Å². The second kappa shape index (κ2) is 8.82. The van der Waals surface area contributed by atoms with Gasteiger partial charge in [-0.05, 0) is 43.9 Å². The average Bonchev–Trinajstić information content (AvgIpc) is 3.35. The molecule has 3 fully saturated rings. The molecule has 0 bridgehead atoms. The van der Waals surface area contributed by atoms with Gasteiger partial charge in [-0.3, -0.25) is 14.5 Å². The average molecular weight is 455 g/mol. The third-order valence-corrected chi connectivity index (χ3v) is 8.06. The Morgan fingerprint density at radius 1 is 1.03 bits per heavy atom. The topological polar surface area (TPSA) is 90.0 Å². The number of hydrogen-bond acceptors (Lipinski definition) is 5.